The van der Waals surface area contributed by atoms with E-state index in [4.69, 9.17) is 23.4 Å². The Hall–Kier alpha value is -1.16. The number of nitrogens with zero attached hydrogens (tertiary/aromatic N) is 1. The lowest BCUT2D eigenvalue weighted by atomic mass is 10.1. The minimum absolute atomic E-state index is 0.0153. The van der Waals surface area contributed by atoms with Gasteiger partial charge in [0.25, 0.3) is 0 Å². The lowest BCUT2D eigenvalue weighted by Gasteiger charge is -2.39. The van der Waals surface area contributed by atoms with Crippen molar-refractivity contribution in [2.45, 2.75) is 136 Å². The normalized spacial score (nSPS) is 28.0. The van der Waals surface area contributed by atoms with Crippen LogP contribution in [0.3, 0.4) is 0 Å². The number of hydrogen-bond acceptors (Lipinski definition) is 7. The molecule has 2 heterocycles. The molecular formula is C24H45NO7Si. The maximum absolute atomic E-state index is 13.4. The minimum atomic E-state index is -2.14. The van der Waals surface area contributed by atoms with Crippen LogP contribution in [0.15, 0.2) is 0 Å². The summed E-state index contributed by atoms with van der Waals surface area (Å²) in [5.74, 6) is -1.44. The first-order chi connectivity index (χ1) is 14.5. The Kier molecular flexibility index (Phi) is 7.49. The number of likely N-dealkylation sites (tertiary alicyclic amines) is 1. The monoisotopic (exact) mass is 487 g/mol. The van der Waals surface area contributed by atoms with Gasteiger partial charge in [-0.1, -0.05) is 20.8 Å². The first-order valence-electron chi connectivity index (χ1n) is 11.8. The molecule has 4 atom stereocenters. The van der Waals surface area contributed by atoms with Gasteiger partial charge in [0.2, 0.25) is 0 Å². The van der Waals surface area contributed by atoms with Gasteiger partial charge in [-0.15, -0.1) is 0 Å². The first kappa shape index (κ1) is 28.1. The summed E-state index contributed by atoms with van der Waals surface area (Å²) in [4.78, 5) is 28.2. The lowest BCUT2D eigenvalue weighted by Crippen LogP contribution is -2.54. The Labute approximate surface area is 200 Å². The number of amides is 1. The fraction of sp³-hybridized carbons (Fsp3) is 0.917. The summed E-state index contributed by atoms with van der Waals surface area (Å²) in [6.07, 6.45) is -1.84. The molecule has 8 nitrogen and oxygen atoms in total. The third-order valence-corrected chi connectivity index (χ3v) is 10.7. The van der Waals surface area contributed by atoms with Crippen molar-refractivity contribution >= 4 is 20.4 Å². The van der Waals surface area contributed by atoms with Gasteiger partial charge in [-0.05, 0) is 73.5 Å². The number of rotatable bonds is 4. The zero-order valence-electron chi connectivity index (χ0n) is 22.8. The Morgan fingerprint density at radius 2 is 1.36 bits per heavy atom. The van der Waals surface area contributed by atoms with E-state index in [0.717, 1.165) is 0 Å². The van der Waals surface area contributed by atoms with E-state index in [1.54, 1.807) is 55.4 Å². The van der Waals surface area contributed by atoms with Crippen molar-refractivity contribution in [2.75, 3.05) is 6.61 Å². The fourth-order valence-electron chi connectivity index (χ4n) is 3.74. The average Bonchev–Trinajstić information content (AvgIpc) is 2.98. The molecule has 1 amide bonds. The second-order valence-corrected chi connectivity index (χ2v) is 17.9. The van der Waals surface area contributed by atoms with Gasteiger partial charge in [-0.3, -0.25) is 4.90 Å². The van der Waals surface area contributed by atoms with Crippen LogP contribution < -0.4 is 0 Å². The van der Waals surface area contributed by atoms with Crippen molar-refractivity contribution < 1.29 is 33.0 Å². The van der Waals surface area contributed by atoms with Gasteiger partial charge in [0.15, 0.2) is 20.1 Å². The predicted molar refractivity (Wildman–Crippen MR) is 128 cm³/mol. The molecule has 0 aromatic rings. The number of carbonyl (C=O) groups excluding carboxylic acids is 2. The van der Waals surface area contributed by atoms with E-state index in [9.17, 15) is 9.59 Å². The van der Waals surface area contributed by atoms with Gasteiger partial charge < -0.3 is 23.4 Å². The molecule has 0 aromatic carbocycles. The Balaban J connectivity index is 2.47. The standard InChI is InChI=1S/C24H45NO7Si/c1-21(2,3)31-19(26)16-18-17(29-24(10,11)30-18)15(14-28-33(12,13)23(7,8)9)25(16)20(27)32-22(4,5)6/h15-18H,14H2,1-13H3/t15-,16+,17-,18+/m1/s1. The molecule has 0 N–H and O–H groups in total. The number of carbonyl (C=O) groups is 2. The quantitative estimate of drug-likeness (QED) is 0.414. The lowest BCUT2D eigenvalue weighted by molar-refractivity contribution is -0.182. The Bertz CT molecular complexity index is 745. The predicted octanol–water partition coefficient (Wildman–Crippen LogP) is 4.86. The number of fused-ring (bicyclic) bond motifs is 1. The third kappa shape index (κ3) is 6.71. The molecule has 0 aromatic heterocycles. The summed E-state index contributed by atoms with van der Waals surface area (Å²) < 4.78 is 30.3. The van der Waals surface area contributed by atoms with Crippen LogP contribution in [0.1, 0.15) is 76.2 Å². The van der Waals surface area contributed by atoms with E-state index >= 15 is 0 Å². The molecule has 2 aliphatic heterocycles. The molecular weight excluding hydrogens is 442 g/mol. The Morgan fingerprint density at radius 1 is 0.879 bits per heavy atom. The molecule has 0 radical (unpaired) electrons. The molecule has 2 rings (SSSR count). The van der Waals surface area contributed by atoms with E-state index in [0.29, 0.717) is 0 Å². The van der Waals surface area contributed by atoms with Crippen molar-refractivity contribution in [3.8, 4) is 0 Å². The van der Waals surface area contributed by atoms with Crippen molar-refractivity contribution in [3.05, 3.63) is 0 Å². The molecule has 2 aliphatic rings. The number of ether oxygens (including phenoxy) is 4. The second-order valence-electron chi connectivity index (χ2n) is 13.1. The molecule has 33 heavy (non-hydrogen) atoms. The van der Waals surface area contributed by atoms with Crippen LogP contribution in [-0.4, -0.2) is 73.2 Å². The number of esters is 1. The maximum Gasteiger partial charge on any atom is 0.411 e. The van der Waals surface area contributed by atoms with Crippen molar-refractivity contribution in [2.24, 2.45) is 0 Å². The topological polar surface area (TPSA) is 83.5 Å². The van der Waals surface area contributed by atoms with Gasteiger partial charge in [0.05, 0.1) is 12.6 Å². The van der Waals surface area contributed by atoms with Crippen LogP contribution in [0.25, 0.3) is 0 Å². The van der Waals surface area contributed by atoms with Crippen LogP contribution in [0, 0.1) is 0 Å². The molecule has 192 valence electrons. The van der Waals surface area contributed by atoms with Crippen LogP contribution >= 0.6 is 0 Å². The van der Waals surface area contributed by atoms with E-state index < -0.39 is 61.7 Å². The van der Waals surface area contributed by atoms with E-state index in [1.165, 1.54) is 4.90 Å². The fourth-order valence-corrected chi connectivity index (χ4v) is 4.76. The minimum Gasteiger partial charge on any atom is -0.458 e. The zero-order valence-corrected chi connectivity index (χ0v) is 23.8. The number of hydrogen-bond donors (Lipinski definition) is 0. The summed E-state index contributed by atoms with van der Waals surface area (Å²) >= 11 is 0. The molecule has 2 saturated heterocycles. The van der Waals surface area contributed by atoms with Crippen LogP contribution in [0.4, 0.5) is 4.79 Å². The average molecular weight is 488 g/mol. The van der Waals surface area contributed by atoms with Crippen LogP contribution in [-0.2, 0) is 28.2 Å². The third-order valence-electron chi connectivity index (χ3n) is 6.18. The Morgan fingerprint density at radius 3 is 1.82 bits per heavy atom. The molecule has 0 bridgehead atoms. The van der Waals surface area contributed by atoms with Crippen LogP contribution in [0.5, 0.6) is 0 Å². The molecule has 2 fully saturated rings. The summed E-state index contributed by atoms with van der Waals surface area (Å²) in [6, 6.07) is -1.56. The van der Waals surface area contributed by atoms with Gasteiger partial charge in [-0.2, -0.15) is 0 Å². The SMILES string of the molecule is CC(C)(C)OC(=O)[C@@H]1[C@@H]2OC(C)(C)O[C@@H]2[C@@H](CO[Si](C)(C)C(C)(C)C)N1C(=O)OC(C)(C)C. The van der Waals surface area contributed by atoms with Crippen molar-refractivity contribution in [3.63, 3.8) is 0 Å². The van der Waals surface area contributed by atoms with Gasteiger partial charge in [0.1, 0.15) is 23.4 Å². The summed E-state index contributed by atoms with van der Waals surface area (Å²) in [7, 11) is -2.14. The van der Waals surface area contributed by atoms with Crippen molar-refractivity contribution in [1.29, 1.82) is 0 Å². The summed E-state index contributed by atoms with van der Waals surface area (Å²) in [5.41, 5.74) is -1.46. The highest BCUT2D eigenvalue weighted by Crippen LogP contribution is 2.43. The summed E-state index contributed by atoms with van der Waals surface area (Å²) in [5, 5.41) is -0.0153. The van der Waals surface area contributed by atoms with E-state index in [2.05, 4.69) is 33.9 Å². The summed E-state index contributed by atoms with van der Waals surface area (Å²) in [6.45, 7) is 25.4. The molecule has 0 unspecified atom stereocenters. The van der Waals surface area contributed by atoms with E-state index in [1.807, 2.05) is 0 Å². The highest BCUT2D eigenvalue weighted by Gasteiger charge is 2.63. The van der Waals surface area contributed by atoms with Crippen molar-refractivity contribution in [1.82, 2.24) is 4.90 Å². The van der Waals surface area contributed by atoms with Crippen LogP contribution in [0.2, 0.25) is 18.1 Å². The second kappa shape index (κ2) is 8.81. The first-order valence-corrected chi connectivity index (χ1v) is 14.7. The maximum atomic E-state index is 13.4. The molecule has 0 spiro atoms. The van der Waals surface area contributed by atoms with E-state index in [-0.39, 0.29) is 11.6 Å². The smallest absolute Gasteiger partial charge is 0.411 e. The molecule has 9 heteroatoms. The van der Waals surface area contributed by atoms with Gasteiger partial charge in [0, 0.05) is 0 Å². The zero-order chi connectivity index (χ0) is 25.8. The van der Waals surface area contributed by atoms with Gasteiger partial charge >= 0.3 is 12.1 Å². The highest BCUT2D eigenvalue weighted by molar-refractivity contribution is 6.74. The largest absolute Gasteiger partial charge is 0.458 e. The highest BCUT2D eigenvalue weighted by atomic mass is 28.4. The molecule has 0 saturated carbocycles. The molecule has 0 aliphatic carbocycles. The van der Waals surface area contributed by atoms with Gasteiger partial charge in [-0.25, -0.2) is 9.59 Å².